The second-order valence-electron chi connectivity index (χ2n) is 14.1. The van der Waals surface area contributed by atoms with Crippen molar-refractivity contribution in [3.05, 3.63) is 150 Å². The van der Waals surface area contributed by atoms with Crippen LogP contribution in [0.15, 0.2) is 121 Å². The molecule has 6 heteroatoms. The third-order valence-electron chi connectivity index (χ3n) is 9.68. The Balaban J connectivity index is 0.00000374. The van der Waals surface area contributed by atoms with Gasteiger partial charge in [-0.3, -0.25) is 9.38 Å². The van der Waals surface area contributed by atoms with Crippen LogP contribution in [0.5, 0.6) is 0 Å². The minimum absolute atomic E-state index is 0. The molecule has 0 bridgehead atoms. The molecule has 9 aromatic rings. The van der Waals surface area contributed by atoms with Crippen molar-refractivity contribution in [2.24, 2.45) is 0 Å². The second kappa shape index (κ2) is 12.4. The number of aromatic nitrogens is 4. The summed E-state index contributed by atoms with van der Waals surface area (Å²) < 4.78 is 2.30. The van der Waals surface area contributed by atoms with Crippen LogP contribution in [-0.2, 0) is 26.5 Å². The molecule has 5 nitrogen and oxygen atoms in total. The molecule has 51 heavy (non-hydrogen) atoms. The van der Waals surface area contributed by atoms with Crippen LogP contribution in [0, 0.1) is 26.0 Å². The van der Waals surface area contributed by atoms with E-state index in [2.05, 4.69) is 158 Å². The van der Waals surface area contributed by atoms with Crippen molar-refractivity contribution in [2.75, 3.05) is 4.90 Å². The molecule has 0 atom stereocenters. The van der Waals surface area contributed by atoms with Crippen molar-refractivity contribution in [1.82, 2.24) is 19.4 Å². The molecule has 4 aromatic carbocycles. The maximum atomic E-state index is 5.37. The fourth-order valence-electron chi connectivity index (χ4n) is 7.28. The summed E-state index contributed by atoms with van der Waals surface area (Å²) in [4.78, 5) is 17.5. The number of para-hydroxylation sites is 2. The average molecular weight is 841 g/mol. The van der Waals surface area contributed by atoms with Crippen molar-refractivity contribution < 1.29 is 21.1 Å². The molecule has 0 unspecified atom stereocenters. The standard InChI is InChI=1S/C45H35N5.Pt/c1-28-13-10-14-29(2)42(28)49(32-17-11-15-30(25-32)37-20-8-9-24-46-37)33-18-12-16-31(26-33)38-27-36-34-22-23-40(45(3,4)5)48-44(34)50-39-21-7-6-19-35(39)41(47-38)43(36)50;/h6-24,27H,1-5H3;/q-2;+2. The van der Waals surface area contributed by atoms with Crippen molar-refractivity contribution in [3.8, 4) is 22.5 Å². The van der Waals surface area contributed by atoms with Gasteiger partial charge in [-0.25, -0.2) is 4.98 Å². The van der Waals surface area contributed by atoms with Gasteiger partial charge in [-0.2, -0.15) is 0 Å². The smallest absolute Gasteiger partial charge is 0.346 e. The van der Waals surface area contributed by atoms with Crippen LogP contribution in [-0.4, -0.2) is 19.4 Å². The van der Waals surface area contributed by atoms with Crippen molar-refractivity contribution in [1.29, 1.82) is 0 Å². The Bertz CT molecular complexity index is 2700. The van der Waals surface area contributed by atoms with Gasteiger partial charge in [0.25, 0.3) is 0 Å². The van der Waals surface area contributed by atoms with E-state index in [0.29, 0.717) is 0 Å². The summed E-state index contributed by atoms with van der Waals surface area (Å²) in [7, 11) is 0. The summed E-state index contributed by atoms with van der Waals surface area (Å²) in [5.41, 5.74) is 14.0. The van der Waals surface area contributed by atoms with Crippen LogP contribution in [0.2, 0.25) is 0 Å². The average Bonchev–Trinajstić information content (AvgIpc) is 3.65. The normalized spacial score (nSPS) is 11.9. The quantitative estimate of drug-likeness (QED) is 0.162. The Kier molecular flexibility index (Phi) is 8.00. The Labute approximate surface area is 312 Å². The first-order chi connectivity index (χ1) is 24.3. The van der Waals surface area contributed by atoms with Gasteiger partial charge in [-0.05, 0) is 72.0 Å². The third kappa shape index (κ3) is 5.39. The predicted octanol–water partition coefficient (Wildman–Crippen LogP) is 11.3. The number of hydrogen-bond donors (Lipinski definition) is 0. The summed E-state index contributed by atoms with van der Waals surface area (Å²) in [6, 6.07) is 47.6. The molecule has 0 aliphatic rings. The van der Waals surface area contributed by atoms with Crippen molar-refractivity contribution in [3.63, 3.8) is 0 Å². The van der Waals surface area contributed by atoms with E-state index in [1.807, 2.05) is 24.4 Å². The van der Waals surface area contributed by atoms with E-state index in [1.54, 1.807) is 0 Å². The topological polar surface area (TPSA) is 46.3 Å². The Morgan fingerprint density at radius 1 is 0.627 bits per heavy atom. The number of pyridine rings is 3. The number of nitrogens with zero attached hydrogens (tertiary/aromatic N) is 5. The van der Waals surface area contributed by atoms with E-state index in [0.717, 1.165) is 83.6 Å². The summed E-state index contributed by atoms with van der Waals surface area (Å²) in [6.45, 7) is 11.0. The van der Waals surface area contributed by atoms with Crippen LogP contribution in [0.25, 0.3) is 60.9 Å². The molecule has 0 saturated heterocycles. The molecule has 0 fully saturated rings. The van der Waals surface area contributed by atoms with Gasteiger partial charge in [-0.1, -0.05) is 75.4 Å². The van der Waals surface area contributed by atoms with Gasteiger partial charge in [0.1, 0.15) is 5.65 Å². The number of aryl methyl sites for hydroxylation is 2. The monoisotopic (exact) mass is 840 g/mol. The summed E-state index contributed by atoms with van der Waals surface area (Å²) in [6.07, 6.45) is 1.82. The predicted molar refractivity (Wildman–Crippen MR) is 206 cm³/mol. The Morgan fingerprint density at radius 3 is 1.98 bits per heavy atom. The molecule has 0 aliphatic carbocycles. The minimum Gasteiger partial charge on any atom is -0.346 e. The van der Waals surface area contributed by atoms with E-state index < -0.39 is 0 Å². The fraction of sp³-hybridized carbons (Fsp3) is 0.133. The van der Waals surface area contributed by atoms with Gasteiger partial charge < -0.3 is 9.88 Å². The van der Waals surface area contributed by atoms with Gasteiger partial charge in [0.2, 0.25) is 0 Å². The molecule has 0 saturated carbocycles. The Morgan fingerprint density at radius 2 is 1.29 bits per heavy atom. The van der Waals surface area contributed by atoms with E-state index in [4.69, 9.17) is 9.97 Å². The molecular weight excluding hydrogens is 806 g/mol. The number of rotatable bonds is 5. The zero-order valence-electron chi connectivity index (χ0n) is 29.1. The summed E-state index contributed by atoms with van der Waals surface area (Å²) in [5, 5.41) is 3.39. The van der Waals surface area contributed by atoms with Gasteiger partial charge in [0.05, 0.1) is 16.6 Å². The third-order valence-corrected chi connectivity index (χ3v) is 9.68. The minimum atomic E-state index is -0.0689. The maximum absolute atomic E-state index is 5.37. The maximum Gasteiger partial charge on any atom is 2.00 e. The molecule has 5 heterocycles. The van der Waals surface area contributed by atoms with E-state index in [9.17, 15) is 0 Å². The molecule has 5 aromatic heterocycles. The van der Waals surface area contributed by atoms with Crippen molar-refractivity contribution >= 4 is 55.4 Å². The number of anilines is 3. The number of benzene rings is 4. The fourth-order valence-corrected chi connectivity index (χ4v) is 7.28. The van der Waals surface area contributed by atoms with E-state index in [1.165, 1.54) is 11.1 Å². The van der Waals surface area contributed by atoms with Crippen LogP contribution in [0.4, 0.5) is 17.1 Å². The molecule has 0 aliphatic heterocycles. The van der Waals surface area contributed by atoms with Crippen LogP contribution < -0.4 is 4.90 Å². The summed E-state index contributed by atoms with van der Waals surface area (Å²) >= 11 is 0. The van der Waals surface area contributed by atoms with Crippen LogP contribution in [0.1, 0.15) is 37.6 Å². The Hall–Kier alpha value is -5.38. The first kappa shape index (κ1) is 32.8. The van der Waals surface area contributed by atoms with Crippen LogP contribution >= 0.6 is 0 Å². The molecule has 0 amide bonds. The van der Waals surface area contributed by atoms with E-state index >= 15 is 0 Å². The zero-order valence-corrected chi connectivity index (χ0v) is 31.4. The summed E-state index contributed by atoms with van der Waals surface area (Å²) in [5.74, 6) is 0. The second-order valence-corrected chi connectivity index (χ2v) is 14.1. The molecular formula is C45H35N5Pt. The van der Waals surface area contributed by atoms with Gasteiger partial charge in [0.15, 0.2) is 0 Å². The first-order valence-corrected chi connectivity index (χ1v) is 17.1. The van der Waals surface area contributed by atoms with Gasteiger partial charge in [-0.15, -0.1) is 59.7 Å². The largest absolute Gasteiger partial charge is 2.00 e. The number of fused-ring (bicyclic) bond motifs is 6. The molecule has 0 N–H and O–H groups in total. The first-order valence-electron chi connectivity index (χ1n) is 17.1. The zero-order chi connectivity index (χ0) is 34.1. The molecule has 0 radical (unpaired) electrons. The van der Waals surface area contributed by atoms with E-state index in [-0.39, 0.29) is 26.5 Å². The van der Waals surface area contributed by atoms with Gasteiger partial charge in [0, 0.05) is 39.2 Å². The van der Waals surface area contributed by atoms with Gasteiger partial charge >= 0.3 is 21.1 Å². The molecule has 9 rings (SSSR count). The van der Waals surface area contributed by atoms with Crippen LogP contribution in [0.3, 0.4) is 0 Å². The number of hydrogen-bond acceptors (Lipinski definition) is 4. The molecule has 0 spiro atoms. The van der Waals surface area contributed by atoms with Crippen molar-refractivity contribution in [2.45, 2.75) is 40.0 Å². The molecule has 250 valence electrons. The SMILES string of the molecule is Cc1cccc(C)c1N(c1[c-]c(-c2ccccn2)ccc1)c1[c-]c(-c2cc3c4ccc(C(C)(C)C)nc4n4c5ccccc5c(n2)c34)ccc1.[Pt+2].